The summed E-state index contributed by atoms with van der Waals surface area (Å²) in [4.78, 5) is 125. The Morgan fingerprint density at radius 3 is 0.950 bits per heavy atom. The summed E-state index contributed by atoms with van der Waals surface area (Å²) in [6, 6.07) is 0. The minimum Gasteiger partial charge on any atom is -0.462 e. The molecule has 120 heavy (non-hydrogen) atoms. The van der Waals surface area contributed by atoms with Crippen LogP contribution in [0.1, 0.15) is 332 Å². The third-order valence-corrected chi connectivity index (χ3v) is 32.6. The molecular weight excluding hydrogens is 1540 g/mol. The number of nitrogens with one attached hydrogen (secondary N) is 1. The molecule has 22 heteroatoms. The molecule has 20 bridgehead atoms. The van der Waals surface area contributed by atoms with Gasteiger partial charge < -0.3 is 52.7 Å². The highest BCUT2D eigenvalue weighted by Crippen LogP contribution is 2.62. The van der Waals surface area contributed by atoms with Crippen molar-refractivity contribution in [2.24, 2.45) is 154 Å². The van der Waals surface area contributed by atoms with Gasteiger partial charge in [0.15, 0.2) is 18.2 Å². The number of esters is 8. The van der Waals surface area contributed by atoms with E-state index in [-0.39, 0.29) is 105 Å². The standard InChI is InChI=1S/C20H33NO3.C20H32O5.C20H32O4.C20H32O3S.C18H28O5/c1-12(13(2)18(23)24-19(3,4)5)17(22)21-20-9-14-6-15(10-20)8-16(7-14)11-20;1-5-23-14(4)24-18(21)12(2)13(3)19(22)25-20-9-15-6-16(10-20)8-17(7-15)11-20;1-11(12(2)19(22)24-20(3,4)5)18(21)23-17-15-7-13-6-14(9-15)10-16(17)8-13;1-12(13(2)18(22)24-19(3,4)5)17(21)23-20-9-14-6-15(10-20)8-16(7-14)11-20;1-11(16(19)22-10-21-3)12(2)17(20)23-18-7-13-4-14(8-18)6-15(5-13)9-18/h12-16H,6-11H2,1-5H3,(H,21,22);12-17H,5-11H2,1-4H3;11-17H,6-10H2,1-5H3;12-16H,6-11H2,1-5H3;11-15H,4-10H2,1-3H3. The molecule has 0 aromatic carbocycles. The molecule has 21 nitrogen and oxygen atoms in total. The second-order valence-electron chi connectivity index (χ2n) is 45.4. The van der Waals surface area contributed by atoms with Gasteiger partial charge in [-0.3, -0.25) is 47.9 Å². The van der Waals surface area contributed by atoms with Gasteiger partial charge in [-0.2, -0.15) is 0 Å². The molecule has 0 aromatic rings. The maximum Gasteiger partial charge on any atom is 0.311 e. The lowest BCUT2D eigenvalue weighted by Crippen LogP contribution is -2.61. The molecule has 20 saturated carbocycles. The maximum atomic E-state index is 12.8. The molecule has 1 N–H and O–H groups in total. The van der Waals surface area contributed by atoms with E-state index in [1.165, 1.54) is 128 Å². The largest absolute Gasteiger partial charge is 0.462 e. The van der Waals surface area contributed by atoms with Gasteiger partial charge in [0.05, 0.1) is 47.3 Å². The molecule has 0 spiro atoms. The summed E-state index contributed by atoms with van der Waals surface area (Å²) >= 11 is 1.33. The molecule has 11 atom stereocenters. The van der Waals surface area contributed by atoms with Gasteiger partial charge in [0.1, 0.15) is 34.1 Å². The Bertz CT molecular complexity index is 3330. The van der Waals surface area contributed by atoms with Gasteiger partial charge in [0, 0.05) is 35.8 Å². The quantitative estimate of drug-likeness (QED) is 0.0505. The molecular formula is C98H157NO20S. The van der Waals surface area contributed by atoms with Crippen molar-refractivity contribution >= 4 is 70.5 Å². The lowest BCUT2D eigenvalue weighted by molar-refractivity contribution is -0.197. The minimum absolute atomic E-state index is 0.00768. The second kappa shape index (κ2) is 38.8. The van der Waals surface area contributed by atoms with Crippen LogP contribution in [0, 0.1) is 154 Å². The van der Waals surface area contributed by atoms with Crippen LogP contribution in [0.2, 0.25) is 0 Å². The number of hydrogen-bond acceptors (Lipinski definition) is 21. The van der Waals surface area contributed by atoms with Crippen molar-refractivity contribution in [3.63, 3.8) is 0 Å². The molecule has 680 valence electrons. The van der Waals surface area contributed by atoms with Gasteiger partial charge in [-0.25, -0.2) is 0 Å². The number of amides is 1. The SMILES string of the molecule is CC(C(=O)NC12CC3CC(CC(C3)C1)C2)C(C)C(=O)OC(C)(C)C.CC(C(=O)OC12CC3CC(CC(C3)C1)C2)C(C)C(=O)SC(C)(C)C.CC(C(=O)OC1C2CC3CC(C2)CC1C3)C(C)C(=O)OC(C)(C)C.CCOC(C)OC(=O)C(C)C(C)C(=O)OC12CC3CC(CC(C3)C1)C2.COCOC(=O)C(C)C(C)C(=O)OC12CC3CC(CC(C3)C1)C2. The summed E-state index contributed by atoms with van der Waals surface area (Å²) in [6.07, 6.45) is 34.4. The normalized spacial score (nSPS) is 37.0. The Morgan fingerprint density at radius 1 is 0.350 bits per heavy atom. The van der Waals surface area contributed by atoms with Crippen molar-refractivity contribution in [3.8, 4) is 0 Å². The monoisotopic (exact) mass is 1700 g/mol. The molecule has 11 unspecified atom stereocenters. The van der Waals surface area contributed by atoms with Crippen LogP contribution in [-0.2, 0) is 95.3 Å². The predicted molar refractivity (Wildman–Crippen MR) is 458 cm³/mol. The van der Waals surface area contributed by atoms with E-state index in [1.807, 2.05) is 90.0 Å². The molecule has 1 amide bonds. The summed E-state index contributed by atoms with van der Waals surface area (Å²) in [5.74, 6) is 5.14. The van der Waals surface area contributed by atoms with Gasteiger partial charge in [-0.1, -0.05) is 102 Å². The van der Waals surface area contributed by atoms with Crippen LogP contribution >= 0.6 is 11.8 Å². The lowest BCUT2D eigenvalue weighted by atomic mass is 9.53. The highest BCUT2D eigenvalue weighted by atomic mass is 32.2. The Balaban J connectivity index is 0.000000147. The van der Waals surface area contributed by atoms with E-state index < -0.39 is 70.9 Å². The number of carbonyl (C=O) groups excluding carboxylic acids is 10. The number of hydrogen-bond donors (Lipinski definition) is 1. The van der Waals surface area contributed by atoms with E-state index >= 15 is 0 Å². The van der Waals surface area contributed by atoms with Gasteiger partial charge in [0.25, 0.3) is 0 Å². The van der Waals surface area contributed by atoms with Gasteiger partial charge in [-0.15, -0.1) is 0 Å². The number of rotatable bonds is 25. The van der Waals surface area contributed by atoms with E-state index in [9.17, 15) is 47.9 Å². The van der Waals surface area contributed by atoms with Crippen molar-refractivity contribution in [1.82, 2.24) is 5.32 Å². The van der Waals surface area contributed by atoms with Crippen LogP contribution < -0.4 is 5.32 Å². The molecule has 20 rings (SSSR count). The molecule has 0 heterocycles. The summed E-state index contributed by atoms with van der Waals surface area (Å²) in [7, 11) is 1.46. The summed E-state index contributed by atoms with van der Waals surface area (Å²) < 4.78 is 55.0. The van der Waals surface area contributed by atoms with Crippen molar-refractivity contribution < 1.29 is 95.3 Å². The van der Waals surface area contributed by atoms with E-state index in [1.54, 1.807) is 55.4 Å². The van der Waals surface area contributed by atoms with Crippen LogP contribution in [0.5, 0.6) is 0 Å². The van der Waals surface area contributed by atoms with Gasteiger partial charge in [-0.05, 0) is 336 Å². The molecule has 0 saturated heterocycles. The molecule has 0 aliphatic heterocycles. The third kappa shape index (κ3) is 24.5. The van der Waals surface area contributed by atoms with Gasteiger partial charge >= 0.3 is 47.8 Å². The van der Waals surface area contributed by atoms with Crippen LogP contribution in [-0.4, -0.2) is 130 Å². The average Bonchev–Trinajstić information content (AvgIpc) is 0.776. The molecule has 0 aromatic heterocycles. The van der Waals surface area contributed by atoms with Crippen molar-refractivity contribution in [2.45, 2.75) is 382 Å². The van der Waals surface area contributed by atoms with Gasteiger partial charge in [0.2, 0.25) is 5.91 Å². The minimum atomic E-state index is -0.591. The molecule has 20 fully saturated rings. The number of methoxy groups -OCH3 is 1. The fraction of sp³-hybridized carbons (Fsp3) is 0.898. The van der Waals surface area contributed by atoms with Crippen molar-refractivity contribution in [3.05, 3.63) is 0 Å². The molecule has 0 radical (unpaired) electrons. The van der Waals surface area contributed by atoms with Crippen LogP contribution in [0.3, 0.4) is 0 Å². The van der Waals surface area contributed by atoms with Crippen molar-refractivity contribution in [2.75, 3.05) is 20.5 Å². The summed E-state index contributed by atoms with van der Waals surface area (Å²) in [6.45, 7) is 39.0. The third-order valence-electron chi connectivity index (χ3n) is 31.4. The number of ether oxygens (including phenoxy) is 10. The fourth-order valence-corrected chi connectivity index (χ4v) is 27.4. The van der Waals surface area contributed by atoms with Crippen molar-refractivity contribution in [1.29, 1.82) is 0 Å². The first-order chi connectivity index (χ1) is 56.0. The Hall–Kier alpha value is -4.83. The molecule has 20 aliphatic carbocycles. The number of thioether (sulfide) groups is 1. The zero-order chi connectivity index (χ0) is 87.8. The molecule has 20 aliphatic rings. The Labute approximate surface area is 723 Å². The van der Waals surface area contributed by atoms with E-state index in [0.29, 0.717) is 18.4 Å². The first-order valence-corrected chi connectivity index (χ1v) is 48.2. The van der Waals surface area contributed by atoms with Crippen LogP contribution in [0.15, 0.2) is 0 Å². The lowest BCUT2D eigenvalue weighted by Gasteiger charge is -2.57. The predicted octanol–water partition coefficient (Wildman–Crippen LogP) is 19.1. The zero-order valence-electron chi connectivity index (χ0n) is 77.7. The fourth-order valence-electron chi connectivity index (χ4n) is 26.4. The first-order valence-electron chi connectivity index (χ1n) is 47.4. The summed E-state index contributed by atoms with van der Waals surface area (Å²) in [5.41, 5.74) is -1.76. The van der Waals surface area contributed by atoms with Crippen LogP contribution in [0.25, 0.3) is 0 Å². The Morgan fingerprint density at radius 2 is 0.633 bits per heavy atom. The number of carbonyl (C=O) groups is 10. The van der Waals surface area contributed by atoms with E-state index in [4.69, 9.17) is 47.4 Å². The topological polar surface area (TPSA) is 275 Å². The zero-order valence-corrected chi connectivity index (χ0v) is 78.5. The maximum absolute atomic E-state index is 12.8. The van der Waals surface area contributed by atoms with E-state index in [2.05, 4.69) is 5.32 Å². The van der Waals surface area contributed by atoms with Crippen LogP contribution in [0.4, 0.5) is 0 Å². The van der Waals surface area contributed by atoms with E-state index in [0.717, 1.165) is 160 Å². The summed E-state index contributed by atoms with van der Waals surface area (Å²) in [5, 5.41) is 3.47. The Kier molecular flexibility index (Phi) is 31.0. The smallest absolute Gasteiger partial charge is 0.311 e. The average molecular weight is 1700 g/mol. The highest BCUT2D eigenvalue weighted by molar-refractivity contribution is 8.14. The first kappa shape index (κ1) is 95.8. The second-order valence-corrected chi connectivity index (χ2v) is 47.2. The highest BCUT2D eigenvalue weighted by Gasteiger charge is 2.59.